The highest BCUT2D eigenvalue weighted by molar-refractivity contribution is 7.87. The minimum atomic E-state index is -3.95. The van der Waals surface area contributed by atoms with Gasteiger partial charge in [0.15, 0.2) is 0 Å². The Bertz CT molecular complexity index is 417. The number of carbonyl (C=O) groups excluding carboxylic acids is 1. The van der Waals surface area contributed by atoms with Crippen LogP contribution in [0.5, 0.6) is 0 Å². The monoisotopic (exact) mass is 310 g/mol. The zero-order valence-corrected chi connectivity index (χ0v) is 12.8. The Morgan fingerprint density at radius 2 is 1.75 bits per heavy atom. The number of rotatable bonds is 10. The second-order valence-corrected chi connectivity index (χ2v) is 5.90. The molecule has 0 radical (unpaired) electrons. The first-order chi connectivity index (χ1) is 9.28. The van der Waals surface area contributed by atoms with Crippen LogP contribution in [0, 0.1) is 0 Å². The minimum Gasteiger partial charge on any atom is -0.480 e. The largest absolute Gasteiger partial charge is 0.480 e. The highest BCUT2D eigenvalue weighted by Crippen LogP contribution is 2.05. The highest BCUT2D eigenvalue weighted by atomic mass is 32.2. The quantitative estimate of drug-likeness (QED) is 0.547. The molecule has 1 atom stereocenters. The van der Waals surface area contributed by atoms with Crippen molar-refractivity contribution in [2.24, 2.45) is 0 Å². The summed E-state index contributed by atoms with van der Waals surface area (Å²) in [6.07, 6.45) is 0.655. The number of carbonyl (C=O) groups is 2. The summed E-state index contributed by atoms with van der Waals surface area (Å²) in [4.78, 5) is 22.1. The van der Waals surface area contributed by atoms with Crippen molar-refractivity contribution in [3.8, 4) is 0 Å². The average molecular weight is 310 g/mol. The number of nitrogens with one attached hydrogen (secondary N) is 1. The Morgan fingerprint density at radius 1 is 1.25 bits per heavy atom. The first kappa shape index (κ1) is 18.8. The molecule has 0 saturated carbocycles. The summed E-state index contributed by atoms with van der Waals surface area (Å²) >= 11 is 0. The summed E-state index contributed by atoms with van der Waals surface area (Å²) < 4.78 is 31.7. The van der Waals surface area contributed by atoms with Crippen molar-refractivity contribution < 1.29 is 27.9 Å². The van der Waals surface area contributed by atoms with E-state index in [0.29, 0.717) is 12.8 Å². The number of carboxylic acid groups (broad SMARTS) is 1. The van der Waals surface area contributed by atoms with E-state index in [9.17, 15) is 18.0 Å². The Balaban J connectivity index is 4.97. The van der Waals surface area contributed by atoms with E-state index in [1.165, 1.54) is 4.31 Å². The van der Waals surface area contributed by atoms with Crippen LogP contribution in [-0.4, -0.2) is 56.0 Å². The number of ether oxygens (including phenoxy) is 1. The first-order valence-corrected chi connectivity index (χ1v) is 7.79. The van der Waals surface area contributed by atoms with Gasteiger partial charge in [0.1, 0.15) is 6.04 Å². The summed E-state index contributed by atoms with van der Waals surface area (Å²) in [6, 6.07) is -1.54. The minimum absolute atomic E-state index is 0.285. The summed E-state index contributed by atoms with van der Waals surface area (Å²) in [5, 5.41) is 8.97. The number of nitrogens with zero attached hydrogens (tertiary/aromatic N) is 1. The zero-order valence-electron chi connectivity index (χ0n) is 12.0. The van der Waals surface area contributed by atoms with Crippen LogP contribution in [0.4, 0.5) is 0 Å². The second-order valence-electron chi connectivity index (χ2n) is 4.19. The molecule has 2 N–H and O–H groups in total. The topological polar surface area (TPSA) is 113 Å². The van der Waals surface area contributed by atoms with Gasteiger partial charge in [0.05, 0.1) is 13.5 Å². The van der Waals surface area contributed by atoms with Gasteiger partial charge in [-0.2, -0.15) is 17.4 Å². The average Bonchev–Trinajstić information content (AvgIpc) is 2.37. The molecule has 0 aromatic rings. The predicted molar refractivity (Wildman–Crippen MR) is 72.3 cm³/mol. The maximum absolute atomic E-state index is 12.1. The van der Waals surface area contributed by atoms with Crippen LogP contribution in [0.15, 0.2) is 0 Å². The summed E-state index contributed by atoms with van der Waals surface area (Å²) in [5.41, 5.74) is 0. The molecule has 0 fully saturated rings. The predicted octanol–water partition coefficient (Wildman–Crippen LogP) is -0.0409. The summed E-state index contributed by atoms with van der Waals surface area (Å²) in [5.74, 6) is -2.22. The number of esters is 1. The molecular formula is C11H22N2O6S. The Labute approximate surface area is 119 Å². The van der Waals surface area contributed by atoms with Crippen LogP contribution < -0.4 is 4.72 Å². The van der Waals surface area contributed by atoms with E-state index in [1.807, 2.05) is 18.6 Å². The lowest BCUT2D eigenvalue weighted by Crippen LogP contribution is -2.49. The third kappa shape index (κ3) is 6.31. The molecule has 0 bridgehead atoms. The molecule has 0 aliphatic carbocycles. The van der Waals surface area contributed by atoms with E-state index in [0.717, 1.165) is 7.11 Å². The molecular weight excluding hydrogens is 288 g/mol. The maximum atomic E-state index is 12.1. The Hall–Kier alpha value is -1.19. The van der Waals surface area contributed by atoms with Crippen molar-refractivity contribution in [1.82, 2.24) is 9.03 Å². The Morgan fingerprint density at radius 3 is 2.10 bits per heavy atom. The molecule has 8 nitrogen and oxygen atoms in total. The van der Waals surface area contributed by atoms with Crippen LogP contribution in [0.2, 0.25) is 0 Å². The fourth-order valence-electron chi connectivity index (χ4n) is 1.53. The van der Waals surface area contributed by atoms with Gasteiger partial charge in [0, 0.05) is 13.1 Å². The van der Waals surface area contributed by atoms with Crippen LogP contribution in [0.3, 0.4) is 0 Å². The van der Waals surface area contributed by atoms with Gasteiger partial charge in [-0.15, -0.1) is 0 Å². The van der Waals surface area contributed by atoms with Gasteiger partial charge in [0.2, 0.25) is 0 Å². The maximum Gasteiger partial charge on any atom is 0.322 e. The summed E-state index contributed by atoms with van der Waals surface area (Å²) in [6.45, 7) is 4.21. The van der Waals surface area contributed by atoms with E-state index in [2.05, 4.69) is 4.74 Å². The van der Waals surface area contributed by atoms with Gasteiger partial charge in [-0.3, -0.25) is 9.59 Å². The molecule has 20 heavy (non-hydrogen) atoms. The Kier molecular flexibility index (Phi) is 8.35. The van der Waals surface area contributed by atoms with E-state index in [4.69, 9.17) is 5.11 Å². The van der Waals surface area contributed by atoms with Gasteiger partial charge >= 0.3 is 11.9 Å². The van der Waals surface area contributed by atoms with Crippen molar-refractivity contribution in [3.05, 3.63) is 0 Å². The van der Waals surface area contributed by atoms with Gasteiger partial charge in [0.25, 0.3) is 10.2 Å². The molecule has 0 saturated heterocycles. The third-order valence-electron chi connectivity index (χ3n) is 2.47. The molecule has 0 amide bonds. The van der Waals surface area contributed by atoms with E-state index < -0.39 is 34.6 Å². The molecule has 0 aromatic carbocycles. The van der Waals surface area contributed by atoms with Crippen molar-refractivity contribution in [3.63, 3.8) is 0 Å². The van der Waals surface area contributed by atoms with Crippen LogP contribution in [-0.2, 0) is 24.5 Å². The SMILES string of the molecule is CCCN(CCC)S(=O)(=O)N[C@@H](CC(=O)OC)C(=O)O. The lowest BCUT2D eigenvalue weighted by atomic mass is 10.2. The van der Waals surface area contributed by atoms with Crippen molar-refractivity contribution in [1.29, 1.82) is 0 Å². The number of aliphatic carboxylic acids is 1. The van der Waals surface area contributed by atoms with Crippen LogP contribution in [0.1, 0.15) is 33.1 Å². The molecule has 0 unspecified atom stereocenters. The van der Waals surface area contributed by atoms with Gasteiger partial charge in [-0.05, 0) is 12.8 Å². The molecule has 0 rings (SSSR count). The van der Waals surface area contributed by atoms with E-state index in [1.54, 1.807) is 0 Å². The molecule has 0 aromatic heterocycles. The normalized spacial score (nSPS) is 13.2. The van der Waals surface area contributed by atoms with Gasteiger partial charge in [-0.25, -0.2) is 0 Å². The van der Waals surface area contributed by atoms with Crippen molar-refractivity contribution >= 4 is 22.1 Å². The number of methoxy groups -OCH3 is 1. The van der Waals surface area contributed by atoms with Crippen LogP contribution in [0.25, 0.3) is 0 Å². The second kappa shape index (κ2) is 8.88. The van der Waals surface area contributed by atoms with Crippen LogP contribution >= 0.6 is 0 Å². The number of carboxylic acids is 1. The molecule has 0 spiro atoms. The molecule has 118 valence electrons. The van der Waals surface area contributed by atoms with E-state index in [-0.39, 0.29) is 13.1 Å². The van der Waals surface area contributed by atoms with Gasteiger partial charge < -0.3 is 9.84 Å². The lowest BCUT2D eigenvalue weighted by molar-refractivity contribution is -0.147. The highest BCUT2D eigenvalue weighted by Gasteiger charge is 2.30. The molecule has 0 heterocycles. The fourth-order valence-corrected chi connectivity index (χ4v) is 3.07. The van der Waals surface area contributed by atoms with E-state index >= 15 is 0 Å². The first-order valence-electron chi connectivity index (χ1n) is 6.35. The van der Waals surface area contributed by atoms with Crippen molar-refractivity contribution in [2.45, 2.75) is 39.2 Å². The summed E-state index contributed by atoms with van der Waals surface area (Å²) in [7, 11) is -2.84. The van der Waals surface area contributed by atoms with Crippen molar-refractivity contribution in [2.75, 3.05) is 20.2 Å². The standard InChI is InChI=1S/C11H22N2O6S/c1-4-6-13(7-5-2)20(17,18)12-9(11(15)16)8-10(14)19-3/h9,12H,4-8H2,1-3H3,(H,15,16)/t9-/m0/s1. The number of hydrogen-bond donors (Lipinski definition) is 2. The van der Waals surface area contributed by atoms with Gasteiger partial charge in [-0.1, -0.05) is 13.8 Å². The lowest BCUT2D eigenvalue weighted by Gasteiger charge is -2.23. The third-order valence-corrected chi connectivity index (χ3v) is 4.10. The molecule has 0 aliphatic rings. The fraction of sp³-hybridized carbons (Fsp3) is 0.818. The smallest absolute Gasteiger partial charge is 0.322 e. The molecule has 9 heteroatoms. The molecule has 0 aliphatic heterocycles. The zero-order chi connectivity index (χ0) is 15.8. The number of hydrogen-bond acceptors (Lipinski definition) is 5.